The van der Waals surface area contributed by atoms with Gasteiger partial charge >= 0.3 is 6.03 Å². The number of rotatable bonds is 4. The summed E-state index contributed by atoms with van der Waals surface area (Å²) in [5.74, 6) is -0.0872. The third-order valence-electron chi connectivity index (χ3n) is 3.49. The molecule has 0 aliphatic rings. The van der Waals surface area contributed by atoms with E-state index in [0.29, 0.717) is 17.8 Å². The molecule has 5 nitrogen and oxygen atoms in total. The second-order valence-corrected chi connectivity index (χ2v) is 5.44. The molecule has 0 unspecified atom stereocenters. The Morgan fingerprint density at radius 1 is 0.957 bits per heavy atom. The van der Waals surface area contributed by atoms with Crippen molar-refractivity contribution in [3.8, 4) is 0 Å². The number of hydrogen-bond donors (Lipinski definition) is 3. The Hall–Kier alpha value is -2.82. The molecule has 3 amide bonds. The van der Waals surface area contributed by atoms with Gasteiger partial charge in [-0.05, 0) is 43.2 Å². The van der Waals surface area contributed by atoms with Gasteiger partial charge in [0.2, 0.25) is 5.91 Å². The largest absolute Gasteiger partial charge is 0.341 e. The van der Waals surface area contributed by atoms with E-state index in [1.54, 1.807) is 31.3 Å². The van der Waals surface area contributed by atoms with Gasteiger partial charge in [0.15, 0.2) is 0 Å². The topological polar surface area (TPSA) is 70.2 Å². The Morgan fingerprint density at radius 2 is 1.65 bits per heavy atom. The first-order valence-electron chi connectivity index (χ1n) is 7.42. The van der Waals surface area contributed by atoms with Gasteiger partial charge in [-0.3, -0.25) is 4.79 Å². The molecule has 0 aliphatic heterocycles. The fourth-order valence-electron chi connectivity index (χ4n) is 2.24. The average Bonchev–Trinajstić information content (AvgIpc) is 2.51. The molecule has 2 aromatic rings. The predicted molar refractivity (Wildman–Crippen MR) is 92.8 cm³/mol. The van der Waals surface area contributed by atoms with Crippen LogP contribution in [0.2, 0.25) is 0 Å². The minimum atomic E-state index is -0.302. The predicted octanol–water partition coefficient (Wildman–Crippen LogP) is 3.24. The number of benzene rings is 2. The highest BCUT2D eigenvalue weighted by atomic mass is 16.2. The normalized spacial score (nSPS) is 10.0. The van der Waals surface area contributed by atoms with Crippen LogP contribution in [0.3, 0.4) is 0 Å². The Balaban J connectivity index is 2.04. The zero-order chi connectivity index (χ0) is 16.8. The summed E-state index contributed by atoms with van der Waals surface area (Å²) in [7, 11) is 1.55. The number of hydrogen-bond acceptors (Lipinski definition) is 2. The van der Waals surface area contributed by atoms with Crippen LogP contribution in [0.25, 0.3) is 0 Å². The highest BCUT2D eigenvalue weighted by molar-refractivity contribution is 5.94. The molecule has 0 radical (unpaired) electrons. The maximum absolute atomic E-state index is 12.2. The van der Waals surface area contributed by atoms with E-state index in [0.717, 1.165) is 16.7 Å². The molecule has 0 saturated carbocycles. The summed E-state index contributed by atoms with van der Waals surface area (Å²) in [6.45, 7) is 4.00. The molecule has 2 aromatic carbocycles. The third-order valence-corrected chi connectivity index (χ3v) is 3.49. The molecule has 23 heavy (non-hydrogen) atoms. The molecule has 120 valence electrons. The number of carbonyl (C=O) groups is 2. The maximum atomic E-state index is 12.2. The Labute approximate surface area is 136 Å². The Kier molecular flexibility index (Phi) is 5.36. The van der Waals surface area contributed by atoms with Crippen molar-refractivity contribution >= 4 is 23.3 Å². The van der Waals surface area contributed by atoms with Crippen LogP contribution in [-0.2, 0) is 11.2 Å². The smallest absolute Gasteiger partial charge is 0.318 e. The molecule has 0 fully saturated rings. The summed E-state index contributed by atoms with van der Waals surface area (Å²) in [4.78, 5) is 23.5. The second kappa shape index (κ2) is 7.45. The number of urea groups is 1. The van der Waals surface area contributed by atoms with Crippen LogP contribution in [0, 0.1) is 13.8 Å². The van der Waals surface area contributed by atoms with Gasteiger partial charge < -0.3 is 16.0 Å². The number of aryl methyl sites for hydroxylation is 2. The van der Waals surface area contributed by atoms with Crippen molar-refractivity contribution in [2.45, 2.75) is 20.3 Å². The first kappa shape index (κ1) is 16.5. The molecule has 0 aromatic heterocycles. The van der Waals surface area contributed by atoms with E-state index in [2.05, 4.69) is 16.0 Å². The molecule has 5 heteroatoms. The molecule has 0 aliphatic carbocycles. The van der Waals surface area contributed by atoms with Gasteiger partial charge in [-0.1, -0.05) is 29.8 Å². The van der Waals surface area contributed by atoms with Crippen LogP contribution in [-0.4, -0.2) is 19.0 Å². The molecule has 0 saturated heterocycles. The van der Waals surface area contributed by atoms with Gasteiger partial charge in [0.25, 0.3) is 0 Å². The lowest BCUT2D eigenvalue weighted by molar-refractivity contribution is -0.115. The molecule has 0 heterocycles. The lowest BCUT2D eigenvalue weighted by Gasteiger charge is -2.10. The molecule has 3 N–H and O–H groups in total. The molecule has 0 atom stereocenters. The first-order chi connectivity index (χ1) is 11.0. The highest BCUT2D eigenvalue weighted by Gasteiger charge is 2.08. The van der Waals surface area contributed by atoms with E-state index >= 15 is 0 Å². The second-order valence-electron chi connectivity index (χ2n) is 5.44. The minimum Gasteiger partial charge on any atom is -0.341 e. The summed E-state index contributed by atoms with van der Waals surface area (Å²) in [5, 5.41) is 8.01. The van der Waals surface area contributed by atoms with Crippen LogP contribution in [0.5, 0.6) is 0 Å². The summed E-state index contributed by atoms with van der Waals surface area (Å²) < 4.78 is 0. The van der Waals surface area contributed by atoms with Crippen molar-refractivity contribution in [3.05, 3.63) is 59.2 Å². The standard InChI is InChI=1S/C18H21N3O2/c1-12-7-8-13(2)14(9-12)10-17(22)20-15-5-4-6-16(11-15)21-18(23)19-3/h4-9,11H,10H2,1-3H3,(H,20,22)(H2,19,21,23). The molecular weight excluding hydrogens is 290 g/mol. The quantitative estimate of drug-likeness (QED) is 0.811. The molecule has 2 rings (SSSR count). The van der Waals surface area contributed by atoms with Crippen molar-refractivity contribution in [2.24, 2.45) is 0 Å². The summed E-state index contributed by atoms with van der Waals surface area (Å²) in [5.41, 5.74) is 4.51. The van der Waals surface area contributed by atoms with Crippen molar-refractivity contribution in [2.75, 3.05) is 17.7 Å². The van der Waals surface area contributed by atoms with Crippen LogP contribution in [0.15, 0.2) is 42.5 Å². The lowest BCUT2D eigenvalue weighted by Crippen LogP contribution is -2.24. The van der Waals surface area contributed by atoms with Gasteiger partial charge in [0.1, 0.15) is 0 Å². The maximum Gasteiger partial charge on any atom is 0.318 e. The SMILES string of the molecule is CNC(=O)Nc1cccc(NC(=O)Cc2cc(C)ccc2C)c1. The Bertz CT molecular complexity index is 726. The van der Waals surface area contributed by atoms with Crippen LogP contribution >= 0.6 is 0 Å². The zero-order valence-corrected chi connectivity index (χ0v) is 13.6. The lowest BCUT2D eigenvalue weighted by atomic mass is 10.0. The first-order valence-corrected chi connectivity index (χ1v) is 7.42. The summed E-state index contributed by atoms with van der Waals surface area (Å²) in [6.07, 6.45) is 0.320. The fourth-order valence-corrected chi connectivity index (χ4v) is 2.24. The summed E-state index contributed by atoms with van der Waals surface area (Å²) >= 11 is 0. The zero-order valence-electron chi connectivity index (χ0n) is 13.6. The van der Waals surface area contributed by atoms with Gasteiger partial charge in [-0.15, -0.1) is 0 Å². The van der Waals surface area contributed by atoms with Crippen LogP contribution in [0.1, 0.15) is 16.7 Å². The van der Waals surface area contributed by atoms with E-state index < -0.39 is 0 Å². The van der Waals surface area contributed by atoms with E-state index in [-0.39, 0.29) is 11.9 Å². The highest BCUT2D eigenvalue weighted by Crippen LogP contribution is 2.16. The van der Waals surface area contributed by atoms with E-state index in [4.69, 9.17) is 0 Å². The van der Waals surface area contributed by atoms with Crippen molar-refractivity contribution in [1.82, 2.24) is 5.32 Å². The average molecular weight is 311 g/mol. The molecule has 0 bridgehead atoms. The van der Waals surface area contributed by atoms with Crippen LogP contribution in [0.4, 0.5) is 16.2 Å². The Morgan fingerprint density at radius 3 is 2.35 bits per heavy atom. The van der Waals surface area contributed by atoms with Crippen molar-refractivity contribution in [3.63, 3.8) is 0 Å². The minimum absolute atomic E-state index is 0.0872. The third kappa shape index (κ3) is 4.85. The van der Waals surface area contributed by atoms with Gasteiger partial charge in [0.05, 0.1) is 6.42 Å². The molecular formula is C18H21N3O2. The van der Waals surface area contributed by atoms with Gasteiger partial charge in [-0.2, -0.15) is 0 Å². The molecule has 0 spiro atoms. The fraction of sp³-hybridized carbons (Fsp3) is 0.222. The monoisotopic (exact) mass is 311 g/mol. The van der Waals surface area contributed by atoms with Crippen molar-refractivity contribution < 1.29 is 9.59 Å². The number of anilines is 2. The summed E-state index contributed by atoms with van der Waals surface area (Å²) in [6, 6.07) is 12.8. The number of nitrogens with one attached hydrogen (secondary N) is 3. The van der Waals surface area contributed by atoms with Gasteiger partial charge in [0, 0.05) is 18.4 Å². The van der Waals surface area contributed by atoms with E-state index in [1.165, 1.54) is 0 Å². The number of carbonyl (C=O) groups excluding carboxylic acids is 2. The van der Waals surface area contributed by atoms with Crippen LogP contribution < -0.4 is 16.0 Å². The van der Waals surface area contributed by atoms with E-state index in [1.807, 2.05) is 32.0 Å². The number of amides is 3. The van der Waals surface area contributed by atoms with Gasteiger partial charge in [-0.25, -0.2) is 4.79 Å². The van der Waals surface area contributed by atoms with E-state index in [9.17, 15) is 9.59 Å². The van der Waals surface area contributed by atoms with Crippen molar-refractivity contribution in [1.29, 1.82) is 0 Å².